The van der Waals surface area contributed by atoms with Gasteiger partial charge in [0.25, 0.3) is 8.32 Å². The fourth-order valence-corrected chi connectivity index (χ4v) is 14.0. The summed E-state index contributed by atoms with van der Waals surface area (Å²) < 4.78 is 19.6. The Labute approximate surface area is 267 Å². The van der Waals surface area contributed by atoms with E-state index in [0.29, 0.717) is 19.4 Å². The quantitative estimate of drug-likeness (QED) is 0.252. The Bertz CT molecular complexity index is 1160. The molecule has 1 fully saturated rings. The summed E-state index contributed by atoms with van der Waals surface area (Å²) >= 11 is 0. The highest BCUT2D eigenvalue weighted by atomic mass is 28.4. The fourth-order valence-electron chi connectivity index (χ4n) is 6.49. The van der Waals surface area contributed by atoms with Crippen LogP contribution in [0.15, 0.2) is 60.7 Å². The van der Waals surface area contributed by atoms with Crippen LogP contribution in [-0.4, -0.2) is 69.6 Å². The Morgan fingerprint density at radius 2 is 1.41 bits per heavy atom. The average Bonchev–Trinajstić information content (AvgIpc) is 3.37. The van der Waals surface area contributed by atoms with E-state index in [9.17, 15) is 14.7 Å². The summed E-state index contributed by atoms with van der Waals surface area (Å²) in [5.41, 5.74) is -0.716. The highest BCUT2D eigenvalue weighted by molar-refractivity contribution is 6.99. The van der Waals surface area contributed by atoms with Crippen LogP contribution in [0.2, 0.25) is 23.2 Å². The van der Waals surface area contributed by atoms with Crippen molar-refractivity contribution in [3.05, 3.63) is 60.7 Å². The molecule has 0 unspecified atom stereocenters. The highest BCUT2D eigenvalue weighted by Crippen LogP contribution is 2.38. The Balaban J connectivity index is 1.93. The maximum Gasteiger partial charge on any atom is 0.417 e. The van der Waals surface area contributed by atoms with Gasteiger partial charge in [0.2, 0.25) is 5.91 Å². The van der Waals surface area contributed by atoms with Crippen molar-refractivity contribution in [1.29, 1.82) is 0 Å². The number of carbonyl (C=O) groups is 2. The summed E-state index contributed by atoms with van der Waals surface area (Å²) in [5, 5.41) is 14.0. The van der Waals surface area contributed by atoms with E-state index >= 15 is 0 Å². The molecule has 1 saturated heterocycles. The van der Waals surface area contributed by atoms with Gasteiger partial charge < -0.3 is 18.7 Å². The van der Waals surface area contributed by atoms with Crippen molar-refractivity contribution >= 4 is 39.0 Å². The van der Waals surface area contributed by atoms with Gasteiger partial charge >= 0.3 is 6.09 Å². The number of hydrogen-bond donors (Lipinski definition) is 1. The highest BCUT2D eigenvalue weighted by Gasteiger charge is 2.51. The van der Waals surface area contributed by atoms with Crippen LogP contribution < -0.4 is 10.4 Å². The van der Waals surface area contributed by atoms with Gasteiger partial charge in [0, 0.05) is 13.2 Å². The van der Waals surface area contributed by atoms with Crippen molar-refractivity contribution in [3.8, 4) is 0 Å². The number of benzene rings is 2. The molecular formula is C35H55NO6Si2. The molecule has 0 spiro atoms. The van der Waals surface area contributed by atoms with E-state index in [4.69, 9.17) is 13.6 Å². The van der Waals surface area contributed by atoms with Gasteiger partial charge in [0.1, 0.15) is 5.60 Å². The van der Waals surface area contributed by atoms with E-state index in [1.165, 1.54) is 10.4 Å². The number of amides is 2. The third-order valence-corrected chi connectivity index (χ3v) is 18.8. The minimum atomic E-state index is -2.79. The van der Waals surface area contributed by atoms with E-state index in [1.54, 1.807) is 20.8 Å². The molecule has 44 heavy (non-hydrogen) atoms. The monoisotopic (exact) mass is 641 g/mol. The van der Waals surface area contributed by atoms with Crippen LogP contribution in [0.5, 0.6) is 0 Å². The molecule has 1 heterocycles. The third kappa shape index (κ3) is 8.09. The minimum Gasteiger partial charge on any atom is -0.443 e. The van der Waals surface area contributed by atoms with E-state index in [1.807, 2.05) is 12.1 Å². The number of imide groups is 1. The molecule has 7 nitrogen and oxygen atoms in total. The second kappa shape index (κ2) is 14.9. The molecule has 0 aliphatic carbocycles. The number of nitrogens with zero attached hydrogens (tertiary/aromatic N) is 1. The van der Waals surface area contributed by atoms with Gasteiger partial charge in [-0.3, -0.25) is 4.79 Å². The Hall–Kier alpha value is -2.31. The van der Waals surface area contributed by atoms with Crippen LogP contribution in [0.3, 0.4) is 0 Å². The zero-order valence-corrected chi connectivity index (χ0v) is 30.4. The van der Waals surface area contributed by atoms with Crippen molar-refractivity contribution in [3.63, 3.8) is 0 Å². The second-order valence-corrected chi connectivity index (χ2v) is 23.1. The summed E-state index contributed by atoms with van der Waals surface area (Å²) in [6.07, 6.45) is -1.50. The van der Waals surface area contributed by atoms with Crippen molar-refractivity contribution in [2.24, 2.45) is 5.92 Å². The standard InChI is InChI=1S/C35H55NO6Si2/c1-10-43(11-2,12-3)42-30(31(37)29-23-25-36(32(29)38)33(39)41-34(4,5)6)24-26-40-44(35(7,8)9,27-19-15-13-16-20-27)28-21-17-14-18-22-28/h13-22,29-31,37H,10-12,23-26H2,1-9H3/t29-,30+,31+/m1/s1. The van der Waals surface area contributed by atoms with Crippen LogP contribution in [-0.2, 0) is 18.4 Å². The van der Waals surface area contributed by atoms with Crippen LogP contribution in [0, 0.1) is 5.92 Å². The zero-order valence-electron chi connectivity index (χ0n) is 28.4. The van der Waals surface area contributed by atoms with Gasteiger partial charge in [-0.25, -0.2) is 9.69 Å². The van der Waals surface area contributed by atoms with Crippen molar-refractivity contribution in [1.82, 2.24) is 4.90 Å². The lowest BCUT2D eigenvalue weighted by Crippen LogP contribution is -2.66. The largest absolute Gasteiger partial charge is 0.443 e. The normalized spacial score (nSPS) is 17.9. The van der Waals surface area contributed by atoms with Crippen LogP contribution in [0.25, 0.3) is 0 Å². The molecule has 9 heteroatoms. The third-order valence-electron chi connectivity index (χ3n) is 9.13. The summed E-state index contributed by atoms with van der Waals surface area (Å²) in [7, 11) is -4.96. The Kier molecular flexibility index (Phi) is 12.2. The molecule has 1 aliphatic heterocycles. The lowest BCUT2D eigenvalue weighted by Gasteiger charge is -2.43. The van der Waals surface area contributed by atoms with E-state index in [2.05, 4.69) is 90.1 Å². The summed E-state index contributed by atoms with van der Waals surface area (Å²) in [6, 6.07) is 23.7. The smallest absolute Gasteiger partial charge is 0.417 e. The molecule has 0 aromatic heterocycles. The molecule has 2 amide bonds. The van der Waals surface area contributed by atoms with E-state index in [0.717, 1.165) is 23.0 Å². The topological polar surface area (TPSA) is 85.3 Å². The number of likely N-dealkylation sites (tertiary alicyclic amines) is 1. The second-order valence-electron chi connectivity index (χ2n) is 14.1. The average molecular weight is 642 g/mol. The van der Waals surface area contributed by atoms with Crippen molar-refractivity contribution in [2.75, 3.05) is 13.2 Å². The maximum atomic E-state index is 13.5. The van der Waals surface area contributed by atoms with Crippen LogP contribution in [0.4, 0.5) is 4.79 Å². The van der Waals surface area contributed by atoms with Crippen LogP contribution in [0.1, 0.15) is 75.2 Å². The molecule has 244 valence electrons. The van der Waals surface area contributed by atoms with Crippen molar-refractivity contribution in [2.45, 2.75) is 116 Å². The molecule has 3 rings (SSSR count). The molecule has 0 saturated carbocycles. The van der Waals surface area contributed by atoms with E-state index in [-0.39, 0.29) is 11.6 Å². The molecule has 3 atom stereocenters. The number of ether oxygens (including phenoxy) is 1. The van der Waals surface area contributed by atoms with Gasteiger partial charge in [0.05, 0.1) is 18.1 Å². The van der Waals surface area contributed by atoms with Gasteiger partial charge in [-0.15, -0.1) is 0 Å². The SMILES string of the molecule is CC[Si](CC)(CC)O[C@@H](CCO[Si](c1ccccc1)(c1ccccc1)C(C)(C)C)[C@@H](O)[C@H]1CCN(C(=O)OC(C)(C)C)C1=O. The van der Waals surface area contributed by atoms with Gasteiger partial charge in [-0.1, -0.05) is 102 Å². The number of rotatable bonds is 13. The Morgan fingerprint density at radius 1 is 0.909 bits per heavy atom. The molecular weight excluding hydrogens is 587 g/mol. The maximum absolute atomic E-state index is 13.5. The van der Waals surface area contributed by atoms with Crippen molar-refractivity contribution < 1.29 is 28.3 Å². The predicted molar refractivity (Wildman–Crippen MR) is 182 cm³/mol. The molecule has 1 aliphatic rings. The van der Waals surface area contributed by atoms with Gasteiger partial charge in [0.15, 0.2) is 8.32 Å². The first-order valence-electron chi connectivity index (χ1n) is 16.3. The molecule has 0 radical (unpaired) electrons. The van der Waals surface area contributed by atoms with E-state index < -0.39 is 52.4 Å². The first kappa shape index (κ1) is 36.2. The Morgan fingerprint density at radius 3 is 1.84 bits per heavy atom. The zero-order chi connectivity index (χ0) is 32.8. The van der Waals surface area contributed by atoms with Gasteiger partial charge in [-0.05, 0) is 67.2 Å². The molecule has 1 N–H and O–H groups in total. The summed E-state index contributed by atoms with van der Waals surface area (Å²) in [4.78, 5) is 27.4. The first-order valence-corrected chi connectivity index (χ1v) is 20.7. The number of hydrogen-bond acceptors (Lipinski definition) is 6. The van der Waals surface area contributed by atoms with Crippen LogP contribution >= 0.6 is 0 Å². The molecule has 2 aromatic rings. The molecule has 2 aromatic carbocycles. The fraction of sp³-hybridized carbons (Fsp3) is 0.600. The predicted octanol–water partition coefficient (Wildman–Crippen LogP) is 6.49. The lowest BCUT2D eigenvalue weighted by atomic mass is 9.95. The number of aliphatic hydroxyl groups excluding tert-OH is 1. The minimum absolute atomic E-state index is 0.186. The first-order chi connectivity index (χ1) is 20.6. The summed E-state index contributed by atoms with van der Waals surface area (Å²) in [5.74, 6) is -1.14. The number of aliphatic hydroxyl groups is 1. The van der Waals surface area contributed by atoms with Gasteiger partial charge in [-0.2, -0.15) is 0 Å². The lowest BCUT2D eigenvalue weighted by molar-refractivity contribution is -0.135. The molecule has 0 bridgehead atoms. The number of carbonyl (C=O) groups excluding carboxylic acids is 2. The summed E-state index contributed by atoms with van der Waals surface area (Å²) in [6.45, 7) is 19.1.